The lowest BCUT2D eigenvalue weighted by Crippen LogP contribution is -2.55. The predicted molar refractivity (Wildman–Crippen MR) is 114 cm³/mol. The average Bonchev–Trinajstić information content (AvgIpc) is 2.51. The van der Waals surface area contributed by atoms with Gasteiger partial charge in [0.15, 0.2) is 0 Å². The zero-order valence-corrected chi connectivity index (χ0v) is 19.0. The van der Waals surface area contributed by atoms with Gasteiger partial charge in [0.1, 0.15) is 0 Å². The summed E-state index contributed by atoms with van der Waals surface area (Å²) in [4.78, 5) is 25.7. The van der Waals surface area contributed by atoms with Gasteiger partial charge in [0.05, 0.1) is 0 Å². The normalized spacial score (nSPS) is 34.4. The van der Waals surface area contributed by atoms with Crippen molar-refractivity contribution in [2.24, 2.45) is 22.7 Å². The molecule has 4 aliphatic rings. The van der Waals surface area contributed by atoms with E-state index >= 15 is 0 Å². The van der Waals surface area contributed by atoms with Crippen molar-refractivity contribution in [3.05, 3.63) is 0 Å². The van der Waals surface area contributed by atoms with Gasteiger partial charge in [0.25, 0.3) is 0 Å². The fraction of sp³-hybridized carbons (Fsp3) is 0.917. The van der Waals surface area contributed by atoms with Gasteiger partial charge < -0.3 is 10.6 Å². The third kappa shape index (κ3) is 4.74. The van der Waals surface area contributed by atoms with Crippen LogP contribution in [0.25, 0.3) is 0 Å². The largest absolute Gasteiger partial charge is 0.351 e. The average molecular weight is 391 g/mol. The molecular formula is C24H42N2O2. The number of rotatable bonds is 8. The quantitative estimate of drug-likeness (QED) is 0.615. The minimum absolute atomic E-state index is 0.124. The van der Waals surface area contributed by atoms with Gasteiger partial charge in [-0.25, -0.2) is 0 Å². The lowest BCUT2D eigenvalue weighted by atomic mass is 9.43. The summed E-state index contributed by atoms with van der Waals surface area (Å²) in [5.41, 5.74) is -0.0253. The zero-order chi connectivity index (χ0) is 20.8. The van der Waals surface area contributed by atoms with Crippen molar-refractivity contribution in [3.63, 3.8) is 0 Å². The van der Waals surface area contributed by atoms with E-state index in [4.69, 9.17) is 0 Å². The van der Waals surface area contributed by atoms with Crippen molar-refractivity contribution < 1.29 is 9.59 Å². The summed E-state index contributed by atoms with van der Waals surface area (Å²) >= 11 is 0. The smallest absolute Gasteiger partial charge is 0.220 e. The van der Waals surface area contributed by atoms with E-state index in [-0.39, 0.29) is 33.7 Å². The van der Waals surface area contributed by atoms with Crippen LogP contribution in [0.1, 0.15) is 106 Å². The number of hydrogen-bond donors (Lipinski definition) is 2. The number of carbonyl (C=O) groups excluding carboxylic acids is 2. The first kappa shape index (κ1) is 21.6. The second kappa shape index (κ2) is 7.32. The minimum atomic E-state index is -0.136. The third-order valence-electron chi connectivity index (χ3n) is 8.10. The fourth-order valence-corrected chi connectivity index (χ4v) is 6.76. The molecule has 4 aliphatic carbocycles. The van der Waals surface area contributed by atoms with Crippen molar-refractivity contribution in [1.29, 1.82) is 0 Å². The van der Waals surface area contributed by atoms with Crippen molar-refractivity contribution >= 4 is 11.8 Å². The number of nitrogens with one attached hydrogen (secondary N) is 2. The van der Waals surface area contributed by atoms with Gasteiger partial charge in [-0.05, 0) is 102 Å². The summed E-state index contributed by atoms with van der Waals surface area (Å²) in [5.74, 6) is 1.83. The minimum Gasteiger partial charge on any atom is -0.351 e. The standard InChI is InChI=1S/C24H42N2O2/c1-7-21(3,4)25-19(27)14-23-10-17-9-18(11-23)13-24(12-17,16-23)15-20(28)26-22(5,6)8-2/h17-18H,7-16H2,1-6H3,(H,25,27)(H,26,28). The molecule has 160 valence electrons. The van der Waals surface area contributed by atoms with Crippen molar-refractivity contribution in [3.8, 4) is 0 Å². The summed E-state index contributed by atoms with van der Waals surface area (Å²) in [6.45, 7) is 12.7. The van der Waals surface area contributed by atoms with E-state index in [9.17, 15) is 9.59 Å². The molecule has 0 radical (unpaired) electrons. The Morgan fingerprint density at radius 2 is 1.14 bits per heavy atom. The van der Waals surface area contributed by atoms with Crippen LogP contribution in [0.4, 0.5) is 0 Å². The molecule has 0 aliphatic heterocycles. The monoisotopic (exact) mass is 390 g/mol. The first-order valence-electron chi connectivity index (χ1n) is 11.5. The molecule has 4 nitrogen and oxygen atoms in total. The summed E-state index contributed by atoms with van der Waals surface area (Å²) in [5, 5.41) is 6.51. The number of amides is 2. The van der Waals surface area contributed by atoms with Gasteiger partial charge in [0, 0.05) is 23.9 Å². The summed E-state index contributed by atoms with van der Waals surface area (Å²) < 4.78 is 0. The molecule has 2 N–H and O–H groups in total. The Morgan fingerprint density at radius 3 is 1.46 bits per heavy atom. The summed E-state index contributed by atoms with van der Waals surface area (Å²) in [7, 11) is 0. The van der Waals surface area contributed by atoms with Crippen molar-refractivity contribution in [2.75, 3.05) is 0 Å². The maximum Gasteiger partial charge on any atom is 0.220 e. The van der Waals surface area contributed by atoms with Crippen LogP contribution in [0, 0.1) is 22.7 Å². The van der Waals surface area contributed by atoms with Gasteiger partial charge >= 0.3 is 0 Å². The van der Waals surface area contributed by atoms with Crippen LogP contribution in [-0.4, -0.2) is 22.9 Å². The second-order valence-electron chi connectivity index (χ2n) is 11.9. The van der Waals surface area contributed by atoms with Crippen LogP contribution in [0.15, 0.2) is 0 Å². The molecule has 0 spiro atoms. The van der Waals surface area contributed by atoms with Crippen LogP contribution in [0.5, 0.6) is 0 Å². The Morgan fingerprint density at radius 1 is 0.786 bits per heavy atom. The van der Waals surface area contributed by atoms with E-state index in [1.165, 1.54) is 32.1 Å². The molecule has 0 atom stereocenters. The molecular weight excluding hydrogens is 348 g/mol. The Kier molecular flexibility index (Phi) is 5.66. The highest BCUT2D eigenvalue weighted by Crippen LogP contribution is 2.67. The van der Waals surface area contributed by atoms with Gasteiger partial charge in [-0.3, -0.25) is 9.59 Å². The van der Waals surface area contributed by atoms with Crippen LogP contribution < -0.4 is 10.6 Å². The molecule has 2 amide bonds. The molecule has 4 fully saturated rings. The maximum absolute atomic E-state index is 12.9. The Bertz CT molecular complexity index is 558. The van der Waals surface area contributed by atoms with Crippen LogP contribution in [-0.2, 0) is 9.59 Å². The highest BCUT2D eigenvalue weighted by atomic mass is 16.2. The third-order valence-corrected chi connectivity index (χ3v) is 8.10. The molecule has 4 heteroatoms. The number of carbonyl (C=O) groups is 2. The molecule has 0 saturated heterocycles. The molecule has 0 aromatic rings. The second-order valence-corrected chi connectivity index (χ2v) is 11.9. The van der Waals surface area contributed by atoms with Crippen LogP contribution in [0.3, 0.4) is 0 Å². The van der Waals surface area contributed by atoms with Crippen LogP contribution in [0.2, 0.25) is 0 Å². The van der Waals surface area contributed by atoms with Gasteiger partial charge in [-0.2, -0.15) is 0 Å². The van der Waals surface area contributed by atoms with E-state index in [0.29, 0.717) is 24.7 Å². The van der Waals surface area contributed by atoms with E-state index in [1.807, 2.05) is 0 Å². The number of hydrogen-bond acceptors (Lipinski definition) is 2. The van der Waals surface area contributed by atoms with Crippen molar-refractivity contribution in [1.82, 2.24) is 10.6 Å². The van der Waals surface area contributed by atoms with E-state index in [1.54, 1.807) is 0 Å². The summed E-state index contributed by atoms with van der Waals surface area (Å²) in [6, 6.07) is 0. The molecule has 4 bridgehead atoms. The van der Waals surface area contributed by atoms with Crippen LogP contribution >= 0.6 is 0 Å². The van der Waals surface area contributed by atoms with Gasteiger partial charge in [-0.1, -0.05) is 13.8 Å². The fourth-order valence-electron chi connectivity index (χ4n) is 6.76. The summed E-state index contributed by atoms with van der Waals surface area (Å²) in [6.07, 6.45) is 10.3. The molecule has 28 heavy (non-hydrogen) atoms. The maximum atomic E-state index is 12.9. The highest BCUT2D eigenvalue weighted by Gasteiger charge is 2.58. The Hall–Kier alpha value is -1.06. The van der Waals surface area contributed by atoms with E-state index < -0.39 is 0 Å². The lowest BCUT2D eigenvalue weighted by molar-refractivity contribution is -0.147. The van der Waals surface area contributed by atoms with Gasteiger partial charge in [-0.15, -0.1) is 0 Å². The molecule has 4 rings (SSSR count). The van der Waals surface area contributed by atoms with Crippen molar-refractivity contribution in [2.45, 2.75) is 117 Å². The molecule has 0 aromatic carbocycles. The SMILES string of the molecule is CCC(C)(C)NC(=O)CC12CC3CC(C1)CC(CC(=O)NC(C)(C)CC)(C3)C2. The van der Waals surface area contributed by atoms with Gasteiger partial charge in [0.2, 0.25) is 11.8 Å². The zero-order valence-electron chi connectivity index (χ0n) is 19.0. The van der Waals surface area contributed by atoms with E-state index in [0.717, 1.165) is 19.3 Å². The Balaban J connectivity index is 1.70. The molecule has 4 saturated carbocycles. The Labute approximate surface area is 172 Å². The topological polar surface area (TPSA) is 58.2 Å². The molecule has 0 unspecified atom stereocenters. The first-order valence-corrected chi connectivity index (χ1v) is 11.5. The molecule has 0 aromatic heterocycles. The first-order chi connectivity index (χ1) is 12.9. The highest BCUT2D eigenvalue weighted by molar-refractivity contribution is 5.78. The molecule has 0 heterocycles. The van der Waals surface area contributed by atoms with E-state index in [2.05, 4.69) is 52.2 Å². The lowest BCUT2D eigenvalue weighted by Gasteiger charge is -2.62. The predicted octanol–water partition coefficient (Wildman–Crippen LogP) is 4.96.